The molecule has 100 valence electrons. The van der Waals surface area contributed by atoms with Crippen LogP contribution in [0.4, 0.5) is 0 Å². The third kappa shape index (κ3) is 2.63. The Labute approximate surface area is 129 Å². The zero-order valence-corrected chi connectivity index (χ0v) is 12.3. The lowest BCUT2D eigenvalue weighted by Crippen LogP contribution is -2.05. The van der Waals surface area contributed by atoms with E-state index in [0.717, 1.165) is 5.56 Å². The zero-order chi connectivity index (χ0) is 14.1. The third-order valence-corrected chi connectivity index (χ3v) is 4.07. The number of carbonyl (C=O) groups excluding carboxylic acids is 1. The number of hydrogen-bond acceptors (Lipinski definition) is 4. The Kier molecular flexibility index (Phi) is 3.61. The van der Waals surface area contributed by atoms with Crippen LogP contribution in [0.5, 0.6) is 0 Å². The van der Waals surface area contributed by atoms with Crippen LogP contribution in [-0.4, -0.2) is 11.9 Å². The molecule has 3 rings (SSSR count). The molecule has 0 N–H and O–H groups in total. The summed E-state index contributed by atoms with van der Waals surface area (Å²) < 4.78 is 5.15. The van der Waals surface area contributed by atoms with Crippen molar-refractivity contribution in [2.45, 2.75) is 0 Å². The molecule has 0 fully saturated rings. The van der Waals surface area contributed by atoms with Crippen molar-refractivity contribution in [3.05, 3.63) is 61.9 Å². The summed E-state index contributed by atoms with van der Waals surface area (Å²) in [6.07, 6.45) is 1.68. The Morgan fingerprint density at radius 3 is 2.75 bits per heavy atom. The van der Waals surface area contributed by atoms with Crippen molar-refractivity contribution < 1.29 is 9.53 Å². The summed E-state index contributed by atoms with van der Waals surface area (Å²) in [5, 5.41) is 4.68. The van der Waals surface area contributed by atoms with E-state index in [2.05, 4.69) is 4.99 Å². The van der Waals surface area contributed by atoms with Crippen molar-refractivity contribution in [3.63, 3.8) is 0 Å². The van der Waals surface area contributed by atoms with Gasteiger partial charge >= 0.3 is 5.97 Å². The Balaban J connectivity index is 1.96. The summed E-state index contributed by atoms with van der Waals surface area (Å²) in [6.45, 7) is 0. The first-order valence-corrected chi connectivity index (χ1v) is 7.33. The van der Waals surface area contributed by atoms with Crippen molar-refractivity contribution in [2.75, 3.05) is 0 Å². The van der Waals surface area contributed by atoms with Crippen LogP contribution in [0.3, 0.4) is 0 Å². The van der Waals surface area contributed by atoms with Crippen LogP contribution in [0.2, 0.25) is 10.0 Å². The maximum absolute atomic E-state index is 11.8. The fraction of sp³-hybridized carbons (Fsp3) is 0. The molecule has 1 aromatic carbocycles. The average Bonchev–Trinajstić information content (AvgIpc) is 3.04. The minimum atomic E-state index is -0.475. The molecular formula is C14H7Cl2NO2S. The molecule has 0 aliphatic carbocycles. The van der Waals surface area contributed by atoms with Gasteiger partial charge in [0.05, 0.1) is 10.0 Å². The van der Waals surface area contributed by atoms with Crippen LogP contribution in [0, 0.1) is 0 Å². The van der Waals surface area contributed by atoms with Crippen LogP contribution in [-0.2, 0) is 9.53 Å². The van der Waals surface area contributed by atoms with E-state index in [4.69, 9.17) is 27.9 Å². The monoisotopic (exact) mass is 323 g/mol. The number of carbonyl (C=O) groups is 1. The van der Waals surface area contributed by atoms with Gasteiger partial charge in [-0.3, -0.25) is 0 Å². The Bertz CT molecular complexity index is 736. The van der Waals surface area contributed by atoms with Gasteiger partial charge in [0, 0.05) is 5.56 Å². The molecular weight excluding hydrogens is 317 g/mol. The topological polar surface area (TPSA) is 38.7 Å². The third-order valence-electron chi connectivity index (χ3n) is 2.63. The molecule has 20 heavy (non-hydrogen) atoms. The van der Waals surface area contributed by atoms with Gasteiger partial charge in [0.2, 0.25) is 5.90 Å². The average molecular weight is 324 g/mol. The first-order chi connectivity index (χ1) is 9.63. The number of ether oxygens (including phenoxy) is 1. The first kappa shape index (κ1) is 13.4. The van der Waals surface area contributed by atoms with Gasteiger partial charge in [-0.2, -0.15) is 11.3 Å². The summed E-state index contributed by atoms with van der Waals surface area (Å²) in [5.41, 5.74) is 1.80. The predicted molar refractivity (Wildman–Crippen MR) is 81.4 cm³/mol. The molecule has 0 saturated heterocycles. The van der Waals surface area contributed by atoms with Gasteiger partial charge in [-0.1, -0.05) is 23.2 Å². The number of esters is 1. The lowest BCUT2D eigenvalue weighted by Gasteiger charge is -2.01. The lowest BCUT2D eigenvalue weighted by atomic mass is 10.2. The van der Waals surface area contributed by atoms with Crippen molar-refractivity contribution in [3.8, 4) is 0 Å². The molecule has 1 aromatic heterocycles. The second kappa shape index (κ2) is 5.40. The van der Waals surface area contributed by atoms with Crippen LogP contribution in [0.1, 0.15) is 11.1 Å². The Morgan fingerprint density at radius 2 is 2.05 bits per heavy atom. The molecule has 0 spiro atoms. The number of hydrogen-bond donors (Lipinski definition) is 0. The predicted octanol–water partition coefficient (Wildman–Crippen LogP) is 4.40. The molecule has 1 aliphatic heterocycles. The first-order valence-electron chi connectivity index (χ1n) is 5.64. The highest BCUT2D eigenvalue weighted by molar-refractivity contribution is 7.08. The molecule has 0 unspecified atom stereocenters. The van der Waals surface area contributed by atoms with Gasteiger partial charge in [0.1, 0.15) is 0 Å². The maximum Gasteiger partial charge on any atom is 0.363 e. The molecule has 0 bridgehead atoms. The number of rotatable bonds is 2. The number of aliphatic imine (C=N–C) groups is 1. The van der Waals surface area contributed by atoms with E-state index in [1.807, 2.05) is 16.8 Å². The molecule has 6 heteroatoms. The minimum Gasteiger partial charge on any atom is -0.402 e. The molecule has 0 amide bonds. The maximum atomic E-state index is 11.8. The van der Waals surface area contributed by atoms with Crippen molar-refractivity contribution in [1.82, 2.24) is 0 Å². The van der Waals surface area contributed by atoms with E-state index in [-0.39, 0.29) is 11.6 Å². The number of benzene rings is 1. The fourth-order valence-corrected chi connectivity index (χ4v) is 2.59. The highest BCUT2D eigenvalue weighted by Crippen LogP contribution is 2.25. The molecule has 0 saturated carbocycles. The van der Waals surface area contributed by atoms with Gasteiger partial charge in [-0.05, 0) is 46.7 Å². The highest BCUT2D eigenvalue weighted by Gasteiger charge is 2.24. The largest absolute Gasteiger partial charge is 0.402 e. The summed E-state index contributed by atoms with van der Waals surface area (Å²) in [7, 11) is 0. The summed E-state index contributed by atoms with van der Waals surface area (Å²) >= 11 is 13.3. The van der Waals surface area contributed by atoms with E-state index in [9.17, 15) is 4.79 Å². The molecule has 0 radical (unpaired) electrons. The highest BCUT2D eigenvalue weighted by atomic mass is 35.5. The fourth-order valence-electron chi connectivity index (χ4n) is 1.68. The zero-order valence-electron chi connectivity index (χ0n) is 9.97. The number of halogens is 2. The van der Waals surface area contributed by atoms with E-state index in [1.54, 1.807) is 35.6 Å². The Hall–Kier alpha value is -1.62. The van der Waals surface area contributed by atoms with Crippen molar-refractivity contribution in [1.29, 1.82) is 0 Å². The van der Waals surface area contributed by atoms with E-state index >= 15 is 0 Å². The normalized spacial score (nSPS) is 16.4. The van der Waals surface area contributed by atoms with Gasteiger partial charge in [0.25, 0.3) is 0 Å². The second-order valence-corrected chi connectivity index (χ2v) is 5.62. The molecule has 1 aliphatic rings. The van der Waals surface area contributed by atoms with Crippen LogP contribution < -0.4 is 0 Å². The quantitative estimate of drug-likeness (QED) is 0.607. The second-order valence-electron chi connectivity index (χ2n) is 4.02. The number of nitrogens with zero attached hydrogens (tertiary/aromatic N) is 1. The summed E-state index contributed by atoms with van der Waals surface area (Å²) in [5.74, 6) is -0.243. The standard InChI is InChI=1S/C14H7Cl2NO2S/c15-10-2-1-9(6-11(10)16)13-17-12(14(18)19-13)5-8-3-4-20-7-8/h1-7H/b12-5-. The van der Waals surface area contributed by atoms with E-state index in [1.165, 1.54) is 0 Å². The number of thiophene rings is 1. The van der Waals surface area contributed by atoms with Crippen molar-refractivity contribution in [2.24, 2.45) is 4.99 Å². The summed E-state index contributed by atoms with van der Waals surface area (Å²) in [6, 6.07) is 6.85. The minimum absolute atomic E-state index is 0.232. The van der Waals surface area contributed by atoms with Gasteiger partial charge in [0.15, 0.2) is 5.70 Å². The van der Waals surface area contributed by atoms with Crippen LogP contribution in [0.15, 0.2) is 45.7 Å². The molecule has 0 atom stereocenters. The molecule has 2 heterocycles. The van der Waals surface area contributed by atoms with E-state index in [0.29, 0.717) is 15.6 Å². The van der Waals surface area contributed by atoms with Gasteiger partial charge in [-0.25, -0.2) is 9.79 Å². The Morgan fingerprint density at radius 1 is 1.20 bits per heavy atom. The van der Waals surface area contributed by atoms with Crippen LogP contribution in [0.25, 0.3) is 6.08 Å². The SMILES string of the molecule is O=C1OC(c2ccc(Cl)c(Cl)c2)=N/C1=C\c1ccsc1. The summed E-state index contributed by atoms with van der Waals surface area (Å²) in [4.78, 5) is 16.0. The molecule has 3 nitrogen and oxygen atoms in total. The number of cyclic esters (lactones) is 1. The van der Waals surface area contributed by atoms with Crippen molar-refractivity contribution >= 4 is 52.5 Å². The lowest BCUT2D eigenvalue weighted by molar-refractivity contribution is -0.129. The van der Waals surface area contributed by atoms with E-state index < -0.39 is 5.97 Å². The van der Waals surface area contributed by atoms with Crippen LogP contribution >= 0.6 is 34.5 Å². The van der Waals surface area contributed by atoms with Gasteiger partial charge in [-0.15, -0.1) is 0 Å². The molecule has 2 aromatic rings. The smallest absolute Gasteiger partial charge is 0.363 e. The van der Waals surface area contributed by atoms with Gasteiger partial charge < -0.3 is 4.74 Å².